The molecule has 2 rings (SSSR count). The highest BCUT2D eigenvalue weighted by Crippen LogP contribution is 2.33. The van der Waals surface area contributed by atoms with E-state index in [1.807, 2.05) is 13.0 Å². The second-order valence-corrected chi connectivity index (χ2v) is 5.46. The Morgan fingerprint density at radius 3 is 2.62 bits per heavy atom. The van der Waals surface area contributed by atoms with Gasteiger partial charge in [-0.3, -0.25) is 5.41 Å². The Bertz CT molecular complexity index is 677. The van der Waals surface area contributed by atoms with Crippen molar-refractivity contribution in [3.05, 3.63) is 53.6 Å². The van der Waals surface area contributed by atoms with E-state index in [-0.39, 0.29) is 11.6 Å². The van der Waals surface area contributed by atoms with Crippen LogP contribution in [0.3, 0.4) is 0 Å². The number of hydrogen-bond donors (Lipinski definition) is 2. The van der Waals surface area contributed by atoms with Crippen molar-refractivity contribution in [2.45, 2.75) is 11.8 Å². The quantitative estimate of drug-likeness (QED) is 0.495. The molecule has 2 aromatic rings. The molecule has 3 nitrogen and oxygen atoms in total. The van der Waals surface area contributed by atoms with E-state index in [0.717, 1.165) is 22.8 Å². The Kier molecular flexibility index (Phi) is 4.80. The molecule has 0 saturated carbocycles. The number of hydrogen-bond acceptors (Lipinski definition) is 3. The number of nitrogens with one attached hydrogen (secondary N) is 1. The van der Waals surface area contributed by atoms with Gasteiger partial charge in [-0.1, -0.05) is 13.0 Å². The summed E-state index contributed by atoms with van der Waals surface area (Å²) in [5, 5.41) is 7.69. The fraction of sp³-hybridized carbons (Fsp3) is 0.133. The van der Waals surface area contributed by atoms with Crippen molar-refractivity contribution in [3.8, 4) is 11.5 Å². The number of halogens is 2. The van der Waals surface area contributed by atoms with E-state index < -0.39 is 11.6 Å². The maximum Gasteiger partial charge on any atom is 0.162 e. The van der Waals surface area contributed by atoms with Crippen molar-refractivity contribution in [1.29, 1.82) is 5.41 Å². The van der Waals surface area contributed by atoms with E-state index in [1.165, 1.54) is 17.8 Å². The molecule has 0 aliphatic rings. The largest absolute Gasteiger partial charge is 0.456 e. The number of nitrogen functional groups attached to an aromatic ring is 1. The molecular weight excluding hydrogens is 294 g/mol. The number of rotatable bonds is 5. The van der Waals surface area contributed by atoms with Crippen LogP contribution in [0.2, 0.25) is 0 Å². The van der Waals surface area contributed by atoms with Crippen LogP contribution in [0.4, 0.5) is 8.78 Å². The summed E-state index contributed by atoms with van der Waals surface area (Å²) in [6.07, 6.45) is 0. The molecule has 21 heavy (non-hydrogen) atoms. The van der Waals surface area contributed by atoms with Gasteiger partial charge in [-0.25, -0.2) is 8.78 Å². The Labute approximate surface area is 125 Å². The van der Waals surface area contributed by atoms with Crippen molar-refractivity contribution in [3.63, 3.8) is 0 Å². The van der Waals surface area contributed by atoms with Crippen molar-refractivity contribution in [2.24, 2.45) is 5.73 Å². The number of thioether (sulfide) groups is 1. The third-order valence-electron chi connectivity index (χ3n) is 2.68. The van der Waals surface area contributed by atoms with Crippen molar-refractivity contribution >= 4 is 17.6 Å². The van der Waals surface area contributed by atoms with Crippen molar-refractivity contribution in [1.82, 2.24) is 0 Å². The smallest absolute Gasteiger partial charge is 0.162 e. The van der Waals surface area contributed by atoms with Crippen LogP contribution >= 0.6 is 11.8 Å². The summed E-state index contributed by atoms with van der Waals surface area (Å²) in [6, 6.07) is 8.50. The van der Waals surface area contributed by atoms with Gasteiger partial charge < -0.3 is 10.5 Å². The molecule has 0 spiro atoms. The van der Waals surface area contributed by atoms with Gasteiger partial charge in [0, 0.05) is 11.0 Å². The van der Waals surface area contributed by atoms with Crippen LogP contribution in [-0.2, 0) is 0 Å². The predicted molar refractivity (Wildman–Crippen MR) is 80.3 cm³/mol. The molecule has 0 aromatic heterocycles. The van der Waals surface area contributed by atoms with Gasteiger partial charge in [0.25, 0.3) is 0 Å². The lowest BCUT2D eigenvalue weighted by Gasteiger charge is -2.14. The van der Waals surface area contributed by atoms with E-state index >= 15 is 0 Å². The van der Waals surface area contributed by atoms with Gasteiger partial charge in [0.1, 0.15) is 17.3 Å². The van der Waals surface area contributed by atoms with E-state index in [9.17, 15) is 8.78 Å². The van der Waals surface area contributed by atoms with Crippen LogP contribution in [-0.4, -0.2) is 11.6 Å². The molecule has 0 heterocycles. The first-order valence-corrected chi connectivity index (χ1v) is 7.24. The van der Waals surface area contributed by atoms with Crippen molar-refractivity contribution in [2.75, 3.05) is 5.75 Å². The highest BCUT2D eigenvalue weighted by molar-refractivity contribution is 7.99. The zero-order valence-corrected chi connectivity index (χ0v) is 12.1. The first-order valence-electron chi connectivity index (χ1n) is 6.26. The zero-order valence-electron chi connectivity index (χ0n) is 11.3. The summed E-state index contributed by atoms with van der Waals surface area (Å²) < 4.78 is 31.7. The Hall–Kier alpha value is -2.08. The maximum atomic E-state index is 13.2. The Balaban J connectivity index is 2.41. The van der Waals surface area contributed by atoms with E-state index in [1.54, 1.807) is 12.1 Å². The summed E-state index contributed by atoms with van der Waals surface area (Å²) in [6.45, 7) is 1.98. The van der Waals surface area contributed by atoms with Gasteiger partial charge >= 0.3 is 0 Å². The number of benzene rings is 2. The Morgan fingerprint density at radius 2 is 2.00 bits per heavy atom. The zero-order chi connectivity index (χ0) is 15.4. The van der Waals surface area contributed by atoms with Gasteiger partial charge in [0.05, 0.1) is 5.56 Å². The lowest BCUT2D eigenvalue weighted by atomic mass is 10.2. The molecule has 2 aromatic carbocycles. The minimum atomic E-state index is -0.990. The highest BCUT2D eigenvalue weighted by atomic mass is 32.2. The topological polar surface area (TPSA) is 59.1 Å². The summed E-state index contributed by atoms with van der Waals surface area (Å²) in [5.74, 6) is -0.763. The lowest BCUT2D eigenvalue weighted by Crippen LogP contribution is -2.13. The summed E-state index contributed by atoms with van der Waals surface area (Å²) >= 11 is 1.53. The number of ether oxygens (including phenoxy) is 1. The molecule has 0 saturated heterocycles. The molecule has 0 radical (unpaired) electrons. The van der Waals surface area contributed by atoms with Crippen LogP contribution in [0.5, 0.6) is 11.5 Å². The van der Waals surface area contributed by atoms with Crippen molar-refractivity contribution < 1.29 is 13.5 Å². The molecule has 0 aliphatic heterocycles. The molecule has 0 atom stereocenters. The summed E-state index contributed by atoms with van der Waals surface area (Å²) in [4.78, 5) is 0.810. The normalized spacial score (nSPS) is 10.4. The first-order chi connectivity index (χ1) is 10.0. The maximum absolute atomic E-state index is 13.2. The van der Waals surface area contributed by atoms with E-state index in [4.69, 9.17) is 15.9 Å². The average molecular weight is 308 g/mol. The molecule has 3 N–H and O–H groups in total. The number of nitrogens with two attached hydrogens (primary N) is 1. The van der Waals surface area contributed by atoms with E-state index in [2.05, 4.69) is 0 Å². The van der Waals surface area contributed by atoms with Gasteiger partial charge in [-0.15, -0.1) is 11.8 Å². The van der Waals surface area contributed by atoms with Gasteiger partial charge in [-0.05, 0) is 30.0 Å². The minimum absolute atomic E-state index is 0.135. The lowest BCUT2D eigenvalue weighted by molar-refractivity contribution is 0.460. The van der Waals surface area contributed by atoms with Gasteiger partial charge in [-0.2, -0.15) is 0 Å². The second kappa shape index (κ2) is 6.58. The summed E-state index contributed by atoms with van der Waals surface area (Å²) in [7, 11) is 0. The first kappa shape index (κ1) is 15.3. The van der Waals surface area contributed by atoms with Crippen LogP contribution in [0, 0.1) is 17.0 Å². The molecule has 0 bridgehead atoms. The third-order valence-corrected chi connectivity index (χ3v) is 3.62. The number of amidine groups is 1. The van der Waals surface area contributed by atoms with Crippen LogP contribution in [0.1, 0.15) is 12.5 Å². The predicted octanol–water partition coefficient (Wildman–Crippen LogP) is 4.15. The highest BCUT2D eigenvalue weighted by Gasteiger charge is 2.14. The minimum Gasteiger partial charge on any atom is -0.456 e. The molecule has 0 aliphatic carbocycles. The average Bonchev–Trinajstić information content (AvgIpc) is 2.43. The molecule has 110 valence electrons. The standard InChI is InChI=1S/C15H14F2N2OS/c1-2-21-13-5-3-4-12(14(13)15(18)19)20-9-6-7-10(16)11(17)8-9/h3-8H,2H2,1H3,(H3,18,19). The molecule has 6 heteroatoms. The second-order valence-electron chi connectivity index (χ2n) is 4.15. The third kappa shape index (κ3) is 3.52. The fourth-order valence-electron chi connectivity index (χ4n) is 1.80. The SMILES string of the molecule is CCSc1cccc(Oc2ccc(F)c(F)c2)c1C(=N)N. The molecular formula is C15H14F2N2OS. The molecule has 0 fully saturated rings. The fourth-order valence-corrected chi connectivity index (χ4v) is 2.65. The summed E-state index contributed by atoms with van der Waals surface area (Å²) in [5.41, 5.74) is 6.06. The van der Waals surface area contributed by atoms with Crippen LogP contribution in [0.15, 0.2) is 41.3 Å². The van der Waals surface area contributed by atoms with E-state index in [0.29, 0.717) is 11.3 Å². The monoisotopic (exact) mass is 308 g/mol. The van der Waals surface area contributed by atoms with Crippen LogP contribution < -0.4 is 10.5 Å². The Morgan fingerprint density at radius 1 is 1.24 bits per heavy atom. The molecule has 0 unspecified atom stereocenters. The molecule has 0 amide bonds. The van der Waals surface area contributed by atoms with Crippen LogP contribution in [0.25, 0.3) is 0 Å². The van der Waals surface area contributed by atoms with Gasteiger partial charge in [0.2, 0.25) is 0 Å². The van der Waals surface area contributed by atoms with Gasteiger partial charge in [0.15, 0.2) is 11.6 Å².